The number of nitrogens with one attached hydrogen (secondary N) is 1. The predicted molar refractivity (Wildman–Crippen MR) is 83.1 cm³/mol. The fourth-order valence-corrected chi connectivity index (χ4v) is 2.50. The van der Waals surface area contributed by atoms with Gasteiger partial charge in [0.1, 0.15) is 0 Å². The molecule has 0 unspecified atom stereocenters. The lowest BCUT2D eigenvalue weighted by atomic mass is 10.0. The van der Waals surface area contributed by atoms with E-state index in [0.29, 0.717) is 11.2 Å². The number of rotatable bonds is 2. The molecule has 4 rings (SSSR count). The van der Waals surface area contributed by atoms with Gasteiger partial charge in [0, 0.05) is 16.3 Å². The van der Waals surface area contributed by atoms with Crippen LogP contribution in [0.5, 0.6) is 0 Å². The van der Waals surface area contributed by atoms with E-state index in [-0.39, 0.29) is 5.82 Å². The summed E-state index contributed by atoms with van der Waals surface area (Å²) in [5, 5.41) is 8.76. The van der Waals surface area contributed by atoms with Gasteiger partial charge in [-0.15, -0.1) is 0 Å². The number of primary amides is 1. The van der Waals surface area contributed by atoms with Crippen molar-refractivity contribution >= 4 is 27.7 Å². The van der Waals surface area contributed by atoms with Crippen LogP contribution < -0.4 is 5.73 Å². The Labute approximate surface area is 125 Å². The fourth-order valence-electron chi connectivity index (χ4n) is 2.50. The summed E-state index contributed by atoms with van der Waals surface area (Å²) < 4.78 is 0. The molecule has 0 spiro atoms. The molecule has 1 amide bonds. The molecule has 4 aromatic rings. The van der Waals surface area contributed by atoms with Crippen LogP contribution in [0, 0.1) is 0 Å². The number of aromatic amines is 1. The number of hydrogen-bond acceptors (Lipinski definition) is 4. The monoisotopic (exact) mass is 289 g/mol. The molecule has 2 aromatic heterocycles. The van der Waals surface area contributed by atoms with E-state index in [9.17, 15) is 4.79 Å². The molecule has 106 valence electrons. The van der Waals surface area contributed by atoms with Crippen LogP contribution in [0.3, 0.4) is 0 Å². The Hall–Kier alpha value is -3.28. The first kappa shape index (κ1) is 12.5. The number of carbonyl (C=O) groups excluding carboxylic acids is 1. The first-order chi connectivity index (χ1) is 10.7. The number of fused-ring (bicyclic) bond motifs is 2. The molecule has 0 saturated carbocycles. The highest BCUT2D eigenvalue weighted by Crippen LogP contribution is 2.28. The van der Waals surface area contributed by atoms with Crippen LogP contribution in [-0.4, -0.2) is 26.1 Å². The van der Waals surface area contributed by atoms with E-state index in [2.05, 4.69) is 20.2 Å². The standard InChI is InChI=1S/C16H11N5O/c17-15(22)16-19-13-4-2-1-3-11(13)14(20-16)9-5-6-12-10(7-9)8-18-21-12/h1-8H,(H2,17,22)(H,18,21). The summed E-state index contributed by atoms with van der Waals surface area (Å²) in [5.41, 5.74) is 8.54. The van der Waals surface area contributed by atoms with Crippen LogP contribution in [0.4, 0.5) is 0 Å². The second kappa shape index (κ2) is 4.63. The number of benzene rings is 2. The molecule has 0 bridgehead atoms. The van der Waals surface area contributed by atoms with Gasteiger partial charge in [-0.05, 0) is 18.2 Å². The number of H-pyrrole nitrogens is 1. The third-order valence-electron chi connectivity index (χ3n) is 3.54. The molecule has 3 N–H and O–H groups in total. The molecule has 0 aliphatic rings. The largest absolute Gasteiger partial charge is 0.363 e. The van der Waals surface area contributed by atoms with Crippen LogP contribution in [0.25, 0.3) is 33.1 Å². The molecule has 0 saturated heterocycles. The van der Waals surface area contributed by atoms with Crippen molar-refractivity contribution in [3.63, 3.8) is 0 Å². The molecule has 6 heteroatoms. The van der Waals surface area contributed by atoms with Crippen LogP contribution in [0.2, 0.25) is 0 Å². The van der Waals surface area contributed by atoms with Gasteiger partial charge >= 0.3 is 0 Å². The van der Waals surface area contributed by atoms with Crippen molar-refractivity contribution in [1.29, 1.82) is 0 Å². The first-order valence-corrected chi connectivity index (χ1v) is 6.72. The predicted octanol–water partition coefficient (Wildman–Crippen LogP) is 2.27. The Kier molecular flexibility index (Phi) is 2.62. The lowest BCUT2D eigenvalue weighted by Crippen LogP contribution is -2.15. The zero-order valence-electron chi connectivity index (χ0n) is 11.4. The third kappa shape index (κ3) is 1.89. The average molecular weight is 289 g/mol. The molecule has 2 heterocycles. The minimum atomic E-state index is -0.642. The van der Waals surface area contributed by atoms with Gasteiger partial charge in [0.2, 0.25) is 5.82 Å². The molecular formula is C16H11N5O. The van der Waals surface area contributed by atoms with E-state index in [4.69, 9.17) is 5.73 Å². The number of nitrogens with zero attached hydrogens (tertiary/aromatic N) is 3. The van der Waals surface area contributed by atoms with E-state index in [0.717, 1.165) is 21.9 Å². The Morgan fingerprint density at radius 1 is 1.09 bits per heavy atom. The van der Waals surface area contributed by atoms with Crippen LogP contribution in [-0.2, 0) is 0 Å². The molecule has 22 heavy (non-hydrogen) atoms. The van der Waals surface area contributed by atoms with Crippen molar-refractivity contribution in [3.05, 3.63) is 54.5 Å². The summed E-state index contributed by atoms with van der Waals surface area (Å²) in [7, 11) is 0. The summed E-state index contributed by atoms with van der Waals surface area (Å²) in [5.74, 6) is -0.627. The Morgan fingerprint density at radius 2 is 1.95 bits per heavy atom. The van der Waals surface area contributed by atoms with Gasteiger partial charge in [-0.2, -0.15) is 5.10 Å². The number of hydrogen-bond donors (Lipinski definition) is 2. The smallest absolute Gasteiger partial charge is 0.286 e. The summed E-state index contributed by atoms with van der Waals surface area (Å²) in [6.45, 7) is 0. The molecular weight excluding hydrogens is 278 g/mol. The number of para-hydroxylation sites is 1. The SMILES string of the molecule is NC(=O)c1nc(-c2ccc3[nH]ncc3c2)c2ccccc2n1. The normalized spacial score (nSPS) is 11.1. The van der Waals surface area contributed by atoms with E-state index in [1.54, 1.807) is 6.20 Å². The number of carbonyl (C=O) groups is 1. The van der Waals surface area contributed by atoms with Crippen molar-refractivity contribution in [2.75, 3.05) is 0 Å². The molecule has 0 radical (unpaired) electrons. The van der Waals surface area contributed by atoms with Gasteiger partial charge in [0.25, 0.3) is 5.91 Å². The lowest BCUT2D eigenvalue weighted by molar-refractivity contribution is 0.0991. The van der Waals surface area contributed by atoms with Crippen molar-refractivity contribution in [3.8, 4) is 11.3 Å². The number of amides is 1. The molecule has 0 aliphatic carbocycles. The van der Waals surface area contributed by atoms with Crippen molar-refractivity contribution in [2.45, 2.75) is 0 Å². The molecule has 0 fully saturated rings. The maximum Gasteiger partial charge on any atom is 0.286 e. The summed E-state index contributed by atoms with van der Waals surface area (Å²) in [6.07, 6.45) is 1.75. The van der Waals surface area contributed by atoms with Gasteiger partial charge in [-0.1, -0.05) is 24.3 Å². The van der Waals surface area contributed by atoms with E-state index < -0.39 is 5.91 Å². The van der Waals surface area contributed by atoms with Crippen molar-refractivity contribution < 1.29 is 4.79 Å². The van der Waals surface area contributed by atoms with E-state index in [1.807, 2.05) is 42.5 Å². The highest BCUT2D eigenvalue weighted by atomic mass is 16.1. The lowest BCUT2D eigenvalue weighted by Gasteiger charge is -2.07. The van der Waals surface area contributed by atoms with E-state index >= 15 is 0 Å². The fraction of sp³-hybridized carbons (Fsp3) is 0. The molecule has 6 nitrogen and oxygen atoms in total. The topological polar surface area (TPSA) is 97.6 Å². The highest BCUT2D eigenvalue weighted by Gasteiger charge is 2.13. The van der Waals surface area contributed by atoms with Crippen LogP contribution >= 0.6 is 0 Å². The van der Waals surface area contributed by atoms with Crippen molar-refractivity contribution in [2.24, 2.45) is 5.73 Å². The summed E-state index contributed by atoms with van der Waals surface area (Å²) in [6, 6.07) is 13.4. The maximum atomic E-state index is 11.5. The zero-order chi connectivity index (χ0) is 15.1. The quantitative estimate of drug-likeness (QED) is 0.591. The summed E-state index contributed by atoms with van der Waals surface area (Å²) >= 11 is 0. The molecule has 0 aliphatic heterocycles. The Balaban J connectivity index is 2.05. The van der Waals surface area contributed by atoms with Crippen LogP contribution in [0.1, 0.15) is 10.6 Å². The Morgan fingerprint density at radius 3 is 2.82 bits per heavy atom. The second-order valence-electron chi connectivity index (χ2n) is 4.95. The third-order valence-corrected chi connectivity index (χ3v) is 3.54. The average Bonchev–Trinajstić information content (AvgIpc) is 3.01. The zero-order valence-corrected chi connectivity index (χ0v) is 11.4. The first-order valence-electron chi connectivity index (χ1n) is 6.72. The Bertz CT molecular complexity index is 1020. The van der Waals surface area contributed by atoms with E-state index in [1.165, 1.54) is 0 Å². The van der Waals surface area contributed by atoms with Gasteiger partial charge in [-0.3, -0.25) is 9.89 Å². The number of nitrogens with two attached hydrogens (primary N) is 1. The van der Waals surface area contributed by atoms with Gasteiger partial charge in [-0.25, -0.2) is 9.97 Å². The van der Waals surface area contributed by atoms with Gasteiger partial charge < -0.3 is 5.73 Å². The number of aromatic nitrogens is 4. The second-order valence-corrected chi connectivity index (χ2v) is 4.95. The van der Waals surface area contributed by atoms with Crippen LogP contribution in [0.15, 0.2) is 48.7 Å². The highest BCUT2D eigenvalue weighted by molar-refractivity contribution is 5.98. The molecule has 2 aromatic carbocycles. The van der Waals surface area contributed by atoms with Crippen molar-refractivity contribution in [1.82, 2.24) is 20.2 Å². The maximum absolute atomic E-state index is 11.5. The van der Waals surface area contributed by atoms with Gasteiger partial charge in [0.15, 0.2) is 0 Å². The minimum absolute atomic E-state index is 0.0148. The minimum Gasteiger partial charge on any atom is -0.363 e. The van der Waals surface area contributed by atoms with Gasteiger partial charge in [0.05, 0.1) is 22.9 Å². The molecule has 0 atom stereocenters. The summed E-state index contributed by atoms with van der Waals surface area (Å²) in [4.78, 5) is 20.0.